The lowest BCUT2D eigenvalue weighted by molar-refractivity contribution is 0.157. The lowest BCUT2D eigenvalue weighted by atomic mass is 9.86. The van der Waals surface area contributed by atoms with E-state index in [2.05, 4.69) is 31.3 Å². The predicted octanol–water partition coefficient (Wildman–Crippen LogP) is 3.20. The zero-order valence-electron chi connectivity index (χ0n) is 11.5. The normalized spacial score (nSPS) is 25.9. The van der Waals surface area contributed by atoms with Gasteiger partial charge in [-0.25, -0.2) is 0 Å². The van der Waals surface area contributed by atoms with Crippen LogP contribution in [0.15, 0.2) is 24.3 Å². The maximum Gasteiger partial charge on any atom is 0.0914 e. The van der Waals surface area contributed by atoms with Crippen LogP contribution in [0.25, 0.3) is 0 Å². The van der Waals surface area contributed by atoms with Crippen molar-refractivity contribution in [3.8, 4) is 0 Å². The Labute approximate surface area is 110 Å². The molecule has 0 aliphatic heterocycles. The van der Waals surface area contributed by atoms with E-state index in [9.17, 15) is 5.11 Å². The molecule has 1 aliphatic rings. The van der Waals surface area contributed by atoms with Crippen molar-refractivity contribution in [3.05, 3.63) is 35.4 Å². The summed E-state index contributed by atoms with van der Waals surface area (Å²) in [6.07, 6.45) is 4.86. The van der Waals surface area contributed by atoms with Crippen LogP contribution in [0.4, 0.5) is 0 Å². The zero-order chi connectivity index (χ0) is 13.0. The molecule has 1 aromatic rings. The fourth-order valence-corrected chi connectivity index (χ4v) is 2.79. The summed E-state index contributed by atoms with van der Waals surface area (Å²) in [7, 11) is 0. The van der Waals surface area contributed by atoms with Crippen molar-refractivity contribution in [2.45, 2.75) is 51.7 Å². The first-order valence-corrected chi connectivity index (χ1v) is 7.15. The van der Waals surface area contributed by atoms with Crippen molar-refractivity contribution in [2.24, 2.45) is 5.92 Å². The number of aryl methyl sites for hydroxylation is 1. The van der Waals surface area contributed by atoms with Gasteiger partial charge in [0.05, 0.1) is 6.10 Å². The fourth-order valence-electron chi connectivity index (χ4n) is 2.79. The monoisotopic (exact) mass is 247 g/mol. The van der Waals surface area contributed by atoms with E-state index in [1.54, 1.807) is 0 Å². The molecule has 3 atom stereocenters. The molecule has 2 nitrogen and oxygen atoms in total. The molecule has 0 saturated heterocycles. The van der Waals surface area contributed by atoms with Crippen LogP contribution < -0.4 is 5.32 Å². The number of nitrogens with one attached hydrogen (secondary N) is 1. The molecule has 0 radical (unpaired) electrons. The fraction of sp³-hybridized carbons (Fsp3) is 0.625. The van der Waals surface area contributed by atoms with Gasteiger partial charge < -0.3 is 10.4 Å². The Morgan fingerprint density at radius 1 is 1.22 bits per heavy atom. The minimum Gasteiger partial charge on any atom is -0.387 e. The Morgan fingerprint density at radius 3 is 2.56 bits per heavy atom. The molecule has 0 heterocycles. The minimum absolute atomic E-state index is 0.389. The Bertz CT molecular complexity index is 360. The molecule has 18 heavy (non-hydrogen) atoms. The SMILES string of the molecule is Cc1ccc(C(O)CNC2CCCCC2C)cc1. The highest BCUT2D eigenvalue weighted by molar-refractivity contribution is 5.23. The van der Waals surface area contributed by atoms with E-state index in [1.807, 2.05) is 12.1 Å². The van der Waals surface area contributed by atoms with Gasteiger partial charge in [-0.05, 0) is 31.2 Å². The van der Waals surface area contributed by atoms with E-state index in [0.717, 1.165) is 11.5 Å². The smallest absolute Gasteiger partial charge is 0.0914 e. The first-order chi connectivity index (χ1) is 8.66. The van der Waals surface area contributed by atoms with Crippen LogP contribution in [0.1, 0.15) is 49.8 Å². The number of rotatable bonds is 4. The highest BCUT2D eigenvalue weighted by Crippen LogP contribution is 2.24. The lowest BCUT2D eigenvalue weighted by Crippen LogP contribution is -2.39. The molecule has 0 spiro atoms. The molecule has 1 fully saturated rings. The molecule has 2 heteroatoms. The van der Waals surface area contributed by atoms with E-state index < -0.39 is 0 Å². The van der Waals surface area contributed by atoms with Crippen molar-refractivity contribution in [2.75, 3.05) is 6.54 Å². The summed E-state index contributed by atoms with van der Waals surface area (Å²) in [5.41, 5.74) is 2.25. The maximum atomic E-state index is 10.2. The molecule has 0 bridgehead atoms. The maximum absolute atomic E-state index is 10.2. The third-order valence-electron chi connectivity index (χ3n) is 4.15. The molecular formula is C16H25NO. The van der Waals surface area contributed by atoms with Crippen molar-refractivity contribution in [3.63, 3.8) is 0 Å². The first-order valence-electron chi connectivity index (χ1n) is 7.15. The summed E-state index contributed by atoms with van der Waals surface area (Å²) in [6, 6.07) is 8.74. The summed E-state index contributed by atoms with van der Waals surface area (Å²) in [5.74, 6) is 0.740. The van der Waals surface area contributed by atoms with Gasteiger partial charge in [0, 0.05) is 12.6 Å². The van der Waals surface area contributed by atoms with E-state index in [4.69, 9.17) is 0 Å². The number of benzene rings is 1. The Kier molecular flexibility index (Phi) is 4.79. The summed E-state index contributed by atoms with van der Waals surface area (Å²) < 4.78 is 0. The topological polar surface area (TPSA) is 32.3 Å². The average molecular weight is 247 g/mol. The summed E-state index contributed by atoms with van der Waals surface area (Å²) >= 11 is 0. The first kappa shape index (κ1) is 13.6. The van der Waals surface area contributed by atoms with Gasteiger partial charge >= 0.3 is 0 Å². The molecule has 1 aliphatic carbocycles. The predicted molar refractivity (Wildman–Crippen MR) is 75.6 cm³/mol. The van der Waals surface area contributed by atoms with Crippen LogP contribution in [0.2, 0.25) is 0 Å². The quantitative estimate of drug-likeness (QED) is 0.856. The summed E-state index contributed by atoms with van der Waals surface area (Å²) in [5, 5.41) is 13.7. The van der Waals surface area contributed by atoms with E-state index in [0.29, 0.717) is 12.6 Å². The van der Waals surface area contributed by atoms with Gasteiger partial charge in [-0.3, -0.25) is 0 Å². The van der Waals surface area contributed by atoms with E-state index in [-0.39, 0.29) is 6.10 Å². The van der Waals surface area contributed by atoms with Gasteiger partial charge in [-0.15, -0.1) is 0 Å². The Morgan fingerprint density at radius 2 is 1.89 bits per heavy atom. The summed E-state index contributed by atoms with van der Waals surface area (Å²) in [6.45, 7) is 5.05. The number of hydrogen-bond acceptors (Lipinski definition) is 2. The van der Waals surface area contributed by atoms with Crippen LogP contribution in [-0.2, 0) is 0 Å². The highest BCUT2D eigenvalue weighted by Gasteiger charge is 2.21. The molecule has 100 valence electrons. The summed E-state index contributed by atoms with van der Waals surface area (Å²) in [4.78, 5) is 0. The van der Waals surface area contributed by atoms with E-state index in [1.165, 1.54) is 31.2 Å². The zero-order valence-corrected chi connectivity index (χ0v) is 11.5. The van der Waals surface area contributed by atoms with Gasteiger partial charge in [-0.1, -0.05) is 49.6 Å². The molecule has 1 aromatic carbocycles. The van der Waals surface area contributed by atoms with Gasteiger partial charge in [0.2, 0.25) is 0 Å². The van der Waals surface area contributed by atoms with Gasteiger partial charge in [0.15, 0.2) is 0 Å². The Hall–Kier alpha value is -0.860. The van der Waals surface area contributed by atoms with Crippen LogP contribution in [0.5, 0.6) is 0 Å². The third kappa shape index (κ3) is 3.56. The molecule has 3 unspecified atom stereocenters. The van der Waals surface area contributed by atoms with Crippen LogP contribution in [0, 0.1) is 12.8 Å². The second kappa shape index (κ2) is 6.35. The van der Waals surface area contributed by atoms with Crippen molar-refractivity contribution < 1.29 is 5.11 Å². The number of aliphatic hydroxyl groups excluding tert-OH is 1. The van der Waals surface area contributed by atoms with Crippen LogP contribution in [-0.4, -0.2) is 17.7 Å². The largest absolute Gasteiger partial charge is 0.387 e. The second-order valence-electron chi connectivity index (χ2n) is 5.70. The molecule has 0 amide bonds. The van der Waals surface area contributed by atoms with Crippen molar-refractivity contribution in [1.29, 1.82) is 0 Å². The third-order valence-corrected chi connectivity index (χ3v) is 4.15. The minimum atomic E-state index is -0.389. The highest BCUT2D eigenvalue weighted by atomic mass is 16.3. The van der Waals surface area contributed by atoms with Crippen molar-refractivity contribution in [1.82, 2.24) is 5.32 Å². The standard InChI is InChI=1S/C16H25NO/c1-12-7-9-14(10-8-12)16(18)11-17-15-6-4-3-5-13(15)2/h7-10,13,15-18H,3-6,11H2,1-2H3. The average Bonchev–Trinajstić information content (AvgIpc) is 2.38. The van der Waals surface area contributed by atoms with Crippen LogP contribution >= 0.6 is 0 Å². The molecule has 2 rings (SSSR count). The number of hydrogen-bond donors (Lipinski definition) is 2. The second-order valence-corrected chi connectivity index (χ2v) is 5.70. The van der Waals surface area contributed by atoms with Gasteiger partial charge in [-0.2, -0.15) is 0 Å². The lowest BCUT2D eigenvalue weighted by Gasteiger charge is -2.30. The molecule has 2 N–H and O–H groups in total. The molecule has 1 saturated carbocycles. The molecular weight excluding hydrogens is 222 g/mol. The van der Waals surface area contributed by atoms with Crippen molar-refractivity contribution >= 4 is 0 Å². The Balaban J connectivity index is 1.83. The van der Waals surface area contributed by atoms with Gasteiger partial charge in [0.25, 0.3) is 0 Å². The molecule has 0 aromatic heterocycles. The van der Waals surface area contributed by atoms with Crippen LogP contribution in [0.3, 0.4) is 0 Å². The van der Waals surface area contributed by atoms with Gasteiger partial charge in [0.1, 0.15) is 0 Å². The van der Waals surface area contributed by atoms with E-state index >= 15 is 0 Å². The number of aliphatic hydroxyl groups is 1.